The Labute approximate surface area is 280 Å². The highest BCUT2D eigenvalue weighted by Crippen LogP contribution is 2.43. The first-order valence-corrected chi connectivity index (χ1v) is 19.5. The van der Waals surface area contributed by atoms with Crippen LogP contribution in [0.25, 0.3) is 0 Å². The lowest BCUT2D eigenvalue weighted by Crippen LogP contribution is -2.29. The monoisotopic (exact) mass is 671 g/mol. The van der Waals surface area contributed by atoms with Crippen LogP contribution in [0.15, 0.2) is 36.5 Å². The van der Waals surface area contributed by atoms with Crippen molar-refractivity contribution in [1.82, 2.24) is 0 Å². The topological polar surface area (TPSA) is 134 Å². The summed E-state index contributed by atoms with van der Waals surface area (Å²) in [6.07, 6.45) is 33.2. The highest BCUT2D eigenvalue weighted by atomic mass is 31.2. The number of hydrogen-bond acceptors (Lipinski definition) is 8. The van der Waals surface area contributed by atoms with Gasteiger partial charge < -0.3 is 20.1 Å². The minimum atomic E-state index is -4.37. The Hall–Kier alpha value is -1.77. The van der Waals surface area contributed by atoms with Gasteiger partial charge in [-0.3, -0.25) is 18.6 Å². The van der Waals surface area contributed by atoms with Crippen molar-refractivity contribution in [3.05, 3.63) is 36.5 Å². The van der Waals surface area contributed by atoms with Crippen LogP contribution in [0.4, 0.5) is 0 Å². The van der Waals surface area contributed by atoms with Gasteiger partial charge in [0.15, 0.2) is 6.10 Å². The van der Waals surface area contributed by atoms with Crippen LogP contribution in [0.2, 0.25) is 0 Å². The fraction of sp³-hybridized carbons (Fsp3) is 0.778. The first kappa shape index (κ1) is 44.2. The molecule has 10 heteroatoms. The van der Waals surface area contributed by atoms with Crippen LogP contribution in [0.3, 0.4) is 0 Å². The fourth-order valence-electron chi connectivity index (χ4n) is 4.55. The van der Waals surface area contributed by atoms with Crippen LogP contribution in [-0.4, -0.2) is 49.3 Å². The average Bonchev–Trinajstić information content (AvgIpc) is 3.04. The lowest BCUT2D eigenvalue weighted by atomic mass is 10.1. The van der Waals surface area contributed by atoms with Gasteiger partial charge in [-0.1, -0.05) is 108 Å². The van der Waals surface area contributed by atoms with Gasteiger partial charge in [-0.2, -0.15) is 0 Å². The molecular weight excluding hydrogens is 605 g/mol. The van der Waals surface area contributed by atoms with Gasteiger partial charge in [0.2, 0.25) is 0 Å². The number of phosphoric acid groups is 1. The van der Waals surface area contributed by atoms with E-state index in [1.54, 1.807) is 0 Å². The minimum Gasteiger partial charge on any atom is -0.462 e. The Morgan fingerprint density at radius 2 is 1.17 bits per heavy atom. The molecule has 0 rings (SSSR count). The average molecular weight is 672 g/mol. The molecule has 0 aliphatic rings. The molecule has 0 saturated carbocycles. The summed E-state index contributed by atoms with van der Waals surface area (Å²) in [7, 11) is -4.37. The maximum absolute atomic E-state index is 12.5. The molecule has 0 radical (unpaired) electrons. The highest BCUT2D eigenvalue weighted by molar-refractivity contribution is 7.47. The van der Waals surface area contributed by atoms with E-state index in [0.29, 0.717) is 6.42 Å². The number of allylic oxidation sites excluding steroid dienone is 6. The van der Waals surface area contributed by atoms with Gasteiger partial charge in [0.25, 0.3) is 0 Å². The van der Waals surface area contributed by atoms with Crippen molar-refractivity contribution in [3.63, 3.8) is 0 Å². The third kappa shape index (κ3) is 32.2. The van der Waals surface area contributed by atoms with Crippen LogP contribution in [0.1, 0.15) is 149 Å². The summed E-state index contributed by atoms with van der Waals surface area (Å²) >= 11 is 0. The van der Waals surface area contributed by atoms with Crippen molar-refractivity contribution in [2.75, 3.05) is 26.4 Å². The zero-order valence-corrected chi connectivity index (χ0v) is 29.9. The first-order chi connectivity index (χ1) is 22.3. The predicted molar refractivity (Wildman–Crippen MR) is 187 cm³/mol. The van der Waals surface area contributed by atoms with Gasteiger partial charge in [-0.25, -0.2) is 4.57 Å². The normalized spacial score (nSPS) is 13.9. The van der Waals surface area contributed by atoms with Gasteiger partial charge in [0, 0.05) is 19.4 Å². The fourth-order valence-corrected chi connectivity index (χ4v) is 5.31. The van der Waals surface area contributed by atoms with E-state index < -0.39 is 32.5 Å². The van der Waals surface area contributed by atoms with Crippen molar-refractivity contribution in [3.8, 4) is 0 Å². The molecule has 0 aliphatic carbocycles. The van der Waals surface area contributed by atoms with Crippen molar-refractivity contribution >= 4 is 19.8 Å². The molecule has 9 nitrogen and oxygen atoms in total. The molecule has 0 aromatic rings. The quantitative estimate of drug-likeness (QED) is 0.0303. The van der Waals surface area contributed by atoms with E-state index in [9.17, 15) is 19.0 Å². The minimum absolute atomic E-state index is 0.0491. The number of rotatable bonds is 33. The molecule has 2 unspecified atom stereocenters. The Morgan fingerprint density at radius 1 is 0.652 bits per heavy atom. The molecule has 0 saturated heterocycles. The first-order valence-electron chi connectivity index (χ1n) is 18.0. The van der Waals surface area contributed by atoms with E-state index in [-0.39, 0.29) is 32.6 Å². The molecular formula is C36H66NO8P. The number of ether oxygens (including phenoxy) is 2. The van der Waals surface area contributed by atoms with Gasteiger partial charge in [0.1, 0.15) is 6.61 Å². The summed E-state index contributed by atoms with van der Waals surface area (Å²) < 4.78 is 32.5. The van der Waals surface area contributed by atoms with Crippen LogP contribution in [0, 0.1) is 0 Å². The molecule has 0 aromatic heterocycles. The number of carbonyl (C=O) groups is 2. The summed E-state index contributed by atoms with van der Waals surface area (Å²) in [4.78, 5) is 34.6. The lowest BCUT2D eigenvalue weighted by molar-refractivity contribution is -0.161. The standard InChI is InChI=1S/C36H66NO8P/c1-3-5-7-9-11-13-15-17-19-21-23-25-27-29-36(39)45-34(33-44-46(40,41)43-31-30-37)32-42-35(38)28-26-24-22-20-18-16-14-12-10-8-6-4-2/h7,9,12-15,34H,3-6,8,10-11,16-33,37H2,1-2H3,(H,40,41)/b9-7-,14-12-,15-13-. The summed E-state index contributed by atoms with van der Waals surface area (Å²) in [5, 5.41) is 0. The van der Waals surface area contributed by atoms with Crippen molar-refractivity contribution < 1.29 is 37.6 Å². The summed E-state index contributed by atoms with van der Waals surface area (Å²) in [5.41, 5.74) is 5.32. The zero-order chi connectivity index (χ0) is 34.0. The smallest absolute Gasteiger partial charge is 0.462 e. The van der Waals surface area contributed by atoms with Gasteiger partial charge >= 0.3 is 19.8 Å². The lowest BCUT2D eigenvalue weighted by Gasteiger charge is -2.19. The molecule has 2 atom stereocenters. The molecule has 46 heavy (non-hydrogen) atoms. The van der Waals surface area contributed by atoms with Crippen LogP contribution >= 0.6 is 7.82 Å². The highest BCUT2D eigenvalue weighted by Gasteiger charge is 2.25. The molecule has 0 fully saturated rings. The van der Waals surface area contributed by atoms with Crippen molar-refractivity contribution in [2.45, 2.75) is 155 Å². The summed E-state index contributed by atoms with van der Waals surface area (Å²) in [6, 6.07) is 0. The summed E-state index contributed by atoms with van der Waals surface area (Å²) in [6.45, 7) is 3.59. The van der Waals surface area contributed by atoms with E-state index in [4.69, 9.17) is 24.3 Å². The number of carbonyl (C=O) groups excluding carboxylic acids is 2. The van der Waals surface area contributed by atoms with E-state index in [0.717, 1.165) is 83.5 Å². The number of phosphoric ester groups is 1. The number of unbranched alkanes of at least 4 members (excludes halogenated alkanes) is 14. The van der Waals surface area contributed by atoms with Crippen molar-refractivity contribution in [1.29, 1.82) is 0 Å². The molecule has 0 spiro atoms. The van der Waals surface area contributed by atoms with Crippen LogP contribution in [-0.2, 0) is 32.7 Å². The Kier molecular flexibility index (Phi) is 31.9. The van der Waals surface area contributed by atoms with Gasteiger partial charge in [-0.05, 0) is 64.2 Å². The predicted octanol–water partition coefficient (Wildman–Crippen LogP) is 9.43. The maximum atomic E-state index is 12.5. The zero-order valence-electron chi connectivity index (χ0n) is 29.0. The molecule has 3 N–H and O–H groups in total. The third-order valence-corrected chi connectivity index (χ3v) is 8.21. The van der Waals surface area contributed by atoms with E-state index in [1.807, 2.05) is 0 Å². The molecule has 0 amide bonds. The van der Waals surface area contributed by atoms with Gasteiger partial charge in [-0.15, -0.1) is 0 Å². The van der Waals surface area contributed by atoms with E-state index in [2.05, 4.69) is 50.3 Å². The Bertz CT molecular complexity index is 861. The second-order valence-corrected chi connectivity index (χ2v) is 13.2. The molecule has 0 heterocycles. The van der Waals surface area contributed by atoms with Crippen LogP contribution in [0.5, 0.6) is 0 Å². The number of hydrogen-bond donors (Lipinski definition) is 2. The second-order valence-electron chi connectivity index (χ2n) is 11.7. The number of nitrogens with two attached hydrogens (primary N) is 1. The second kappa shape index (κ2) is 33.1. The van der Waals surface area contributed by atoms with E-state index >= 15 is 0 Å². The van der Waals surface area contributed by atoms with Crippen LogP contribution < -0.4 is 5.73 Å². The molecule has 0 aromatic carbocycles. The molecule has 0 aliphatic heterocycles. The SMILES string of the molecule is CCC/C=C\C/C=C\CCCCCCCC(=O)OC(COC(=O)CCCCCCC/C=C\CCCCC)COP(=O)(O)OCCN. The summed E-state index contributed by atoms with van der Waals surface area (Å²) in [5.74, 6) is -0.861. The maximum Gasteiger partial charge on any atom is 0.472 e. The van der Waals surface area contributed by atoms with E-state index in [1.165, 1.54) is 32.1 Å². The number of esters is 2. The molecule has 0 bridgehead atoms. The third-order valence-electron chi connectivity index (χ3n) is 7.23. The largest absolute Gasteiger partial charge is 0.472 e. The Morgan fingerprint density at radius 3 is 1.76 bits per heavy atom. The van der Waals surface area contributed by atoms with Gasteiger partial charge in [0.05, 0.1) is 13.2 Å². The molecule has 268 valence electrons. The van der Waals surface area contributed by atoms with Crippen molar-refractivity contribution in [2.24, 2.45) is 5.73 Å². The Balaban J connectivity index is 4.30.